The van der Waals surface area contributed by atoms with Gasteiger partial charge in [-0.15, -0.1) is 0 Å². The number of aliphatic carboxylic acids is 3. The predicted octanol–water partition coefficient (Wildman–Crippen LogP) is 1.39. The molecule has 0 fully saturated rings. The minimum atomic E-state index is -2.42. The van der Waals surface area contributed by atoms with E-state index in [1.165, 1.54) is 6.20 Å². The van der Waals surface area contributed by atoms with E-state index in [2.05, 4.69) is 49.8 Å². The second kappa shape index (κ2) is 27.9. The molecule has 0 aliphatic carbocycles. The molecule has 3 rings (SSSR count). The number of anilines is 1. The number of hydrogen-bond donors (Lipinski definition) is 6. The van der Waals surface area contributed by atoms with E-state index in [1.807, 2.05) is 12.1 Å². The molecule has 2 aromatic heterocycles. The Labute approximate surface area is 314 Å². The molecule has 0 saturated carbocycles. The van der Waals surface area contributed by atoms with Gasteiger partial charge in [0.25, 0.3) is 0 Å². The van der Waals surface area contributed by atoms with Crippen LogP contribution in [0, 0.1) is 20.0 Å². The first-order valence-corrected chi connectivity index (χ1v) is 15.7. The van der Waals surface area contributed by atoms with Crippen molar-refractivity contribution in [2.75, 3.05) is 11.3 Å². The molecule has 281 valence electrons. The number of H-pyrrole nitrogens is 1. The molecule has 3 aromatic rings. The Kier molecular flexibility index (Phi) is 26.5. The van der Waals surface area contributed by atoms with Gasteiger partial charge < -0.3 is 39.5 Å². The van der Waals surface area contributed by atoms with Gasteiger partial charge in [-0.2, -0.15) is 0 Å². The second-order valence-electron chi connectivity index (χ2n) is 10.5. The monoisotopic (exact) mass is 917 g/mol. The van der Waals surface area contributed by atoms with Crippen LogP contribution in [0.1, 0.15) is 55.7 Å². The van der Waals surface area contributed by atoms with Crippen LogP contribution in [-0.2, 0) is 90.9 Å². The van der Waals surface area contributed by atoms with Gasteiger partial charge in [0.05, 0.1) is 13.1 Å². The van der Waals surface area contributed by atoms with Gasteiger partial charge in [-0.3, -0.25) is 28.3 Å². The summed E-state index contributed by atoms with van der Waals surface area (Å²) in [4.78, 5) is 61.1. The van der Waals surface area contributed by atoms with Crippen LogP contribution in [0.25, 0.3) is 0 Å². The summed E-state index contributed by atoms with van der Waals surface area (Å²) in [6.45, 7) is 14.6. The van der Waals surface area contributed by atoms with Gasteiger partial charge in [-0.05, 0) is 43.4 Å². The van der Waals surface area contributed by atoms with E-state index in [1.54, 1.807) is 35.3 Å². The maximum absolute atomic E-state index is 13.3. The minimum absolute atomic E-state index is 0. The second-order valence-corrected chi connectivity index (χ2v) is 11.2. The van der Waals surface area contributed by atoms with E-state index < -0.39 is 40.6 Å². The van der Waals surface area contributed by atoms with E-state index in [0.717, 1.165) is 5.56 Å². The summed E-state index contributed by atoms with van der Waals surface area (Å²) in [7, 11) is 0. The first kappa shape index (κ1) is 49.4. The zero-order valence-corrected chi connectivity index (χ0v) is 31.0. The van der Waals surface area contributed by atoms with E-state index in [4.69, 9.17) is 14.0 Å². The summed E-state index contributed by atoms with van der Waals surface area (Å²) in [5, 5.41) is 30.5. The summed E-state index contributed by atoms with van der Waals surface area (Å²) in [6, 6.07) is 6.96. The fourth-order valence-electron chi connectivity index (χ4n) is 4.86. The zero-order chi connectivity index (χ0) is 38.8. The van der Waals surface area contributed by atoms with Crippen LogP contribution >= 0.6 is 0 Å². The molecule has 1 unspecified atom stereocenters. The van der Waals surface area contributed by atoms with Gasteiger partial charge in [0, 0.05) is 93.5 Å². The van der Waals surface area contributed by atoms with Gasteiger partial charge in [-0.25, -0.2) is 9.97 Å². The van der Waals surface area contributed by atoms with Crippen molar-refractivity contribution in [1.82, 2.24) is 29.7 Å². The number of aromatic amines is 1. The van der Waals surface area contributed by atoms with Crippen molar-refractivity contribution < 1.29 is 77.6 Å². The Morgan fingerprint density at radius 3 is 1.88 bits per heavy atom. The number of amides is 1. The van der Waals surface area contributed by atoms with Crippen LogP contribution in [0.4, 0.5) is 5.69 Å². The van der Waals surface area contributed by atoms with Gasteiger partial charge in [0.15, 0.2) is 0 Å². The summed E-state index contributed by atoms with van der Waals surface area (Å²) in [5.74, 6) is -2.75. The normalized spacial score (nSPS) is 10.6. The van der Waals surface area contributed by atoms with Gasteiger partial charge >= 0.3 is 51.8 Å². The molecule has 1 aromatic carbocycles. The number of benzene rings is 1. The molecule has 6 N–H and O–H groups in total. The average molecular weight is 917 g/mol. The topological polar surface area (TPSA) is 303 Å². The Hall–Kier alpha value is -4.73. The number of rotatable bonds is 21. The van der Waals surface area contributed by atoms with Crippen LogP contribution < -0.4 is 10.0 Å². The third-order valence-electron chi connectivity index (χ3n) is 7.14. The predicted molar refractivity (Wildman–Crippen MR) is 171 cm³/mol. The average Bonchev–Trinajstić information content (AvgIpc) is 3.79. The van der Waals surface area contributed by atoms with E-state index in [9.17, 15) is 43.3 Å². The largest absolute Gasteiger partial charge is 0 e. The summed E-state index contributed by atoms with van der Waals surface area (Å²) < 4.78 is 48.2. The third-order valence-corrected chi connectivity index (χ3v) is 7.54. The number of nitrogens with one attached hydrogen (secondary N) is 3. The Bertz CT molecular complexity index is 1540. The van der Waals surface area contributed by atoms with E-state index in [0.29, 0.717) is 43.4 Å². The number of carboxylic acids is 3. The van der Waals surface area contributed by atoms with Gasteiger partial charge in [-0.1, -0.05) is 12.1 Å². The fourth-order valence-corrected chi connectivity index (χ4v) is 5.19. The number of carbonyl (C=O) groups excluding carboxylic acids is 1. The molecule has 0 spiro atoms. The van der Waals surface area contributed by atoms with Crippen molar-refractivity contribution in [3.63, 3.8) is 0 Å². The van der Waals surface area contributed by atoms with Crippen LogP contribution in [0.2, 0.25) is 0 Å². The van der Waals surface area contributed by atoms with E-state index >= 15 is 0 Å². The zero-order valence-electron chi connectivity index (χ0n) is 27.5. The third kappa shape index (κ3) is 20.2. The molecule has 0 saturated heterocycles. The number of hydrogen-bond acceptors (Lipinski definition) is 9. The standard InChI is InChI=1S/C28H37N7O9S.3CO.Re/c36-24(32-28(9-5-25(37)38,10-6-26(39)40)11-7-27(41)42)19-35-16-14-31-23(35)18-34(17-22-29-12-13-30-22)15-8-20-1-3-21(4-2-20)33-45(43)44;3*1-2;/h1-4,12-14,16,33H,5-11,15,17-19H2,(H,29,30)(H,32,36)(H,37,38)(H,39,40)(H,41,42)(H,43,44);;;;/p-1. The van der Waals surface area contributed by atoms with Crippen molar-refractivity contribution in [3.8, 4) is 0 Å². The molecule has 0 bridgehead atoms. The minimum Gasteiger partial charge on any atom is 0 e. The number of nitrogens with zero attached hydrogens (tertiary/aromatic N) is 4. The Morgan fingerprint density at radius 2 is 1.42 bits per heavy atom. The van der Waals surface area contributed by atoms with Crippen molar-refractivity contribution in [2.45, 2.75) is 70.1 Å². The molecular formula is C31H36N7O12ReS-. The maximum atomic E-state index is 13.3. The molecule has 19 nitrogen and oxygen atoms in total. The first-order chi connectivity index (χ1) is 24.4. The fraction of sp³-hybridized carbons (Fsp3) is 0.387. The Morgan fingerprint density at radius 1 is 0.885 bits per heavy atom. The quantitative estimate of drug-likeness (QED) is 0.0502. The molecule has 0 aliphatic rings. The molecule has 2 heterocycles. The number of aromatic nitrogens is 4. The molecule has 0 aliphatic heterocycles. The Balaban J connectivity index is 0. The summed E-state index contributed by atoms with van der Waals surface area (Å²) >= 11 is -2.42. The summed E-state index contributed by atoms with van der Waals surface area (Å²) in [5.41, 5.74) is 0.0640. The van der Waals surface area contributed by atoms with Crippen LogP contribution in [0.3, 0.4) is 0 Å². The number of imidazole rings is 2. The van der Waals surface area contributed by atoms with Crippen LogP contribution in [-0.4, -0.2) is 84.4 Å². The van der Waals surface area contributed by atoms with Crippen LogP contribution in [0.15, 0.2) is 49.1 Å². The van der Waals surface area contributed by atoms with Gasteiger partial charge in [0.2, 0.25) is 5.91 Å². The van der Waals surface area contributed by atoms with Crippen molar-refractivity contribution in [1.29, 1.82) is 0 Å². The van der Waals surface area contributed by atoms with Crippen LogP contribution in [0.5, 0.6) is 0 Å². The molecule has 1 atom stereocenters. The molecular weight excluding hydrogens is 881 g/mol. The SMILES string of the molecule is O=C(O)CCC(CCC(=O)O)(CCC(=O)O)NC(=O)Cn1ccnc1CN(CCc1ccc(NS(=O)[O-])cc1)Cc1ncc[nH]1.[C-]#[O+].[C-]#[O+].[C-]#[O+].[Re]. The van der Waals surface area contributed by atoms with Crippen molar-refractivity contribution in [2.24, 2.45) is 0 Å². The van der Waals surface area contributed by atoms with E-state index in [-0.39, 0.29) is 65.5 Å². The maximum Gasteiger partial charge on any atom is 0 e. The number of carboxylic acid groups (broad SMARTS) is 3. The number of carbonyl (C=O) groups is 4. The molecule has 21 heteroatoms. The van der Waals surface area contributed by atoms with Gasteiger partial charge in [0.1, 0.15) is 18.2 Å². The smallest absolute Gasteiger partial charge is 0 e. The molecule has 52 heavy (non-hydrogen) atoms. The molecule has 1 radical (unpaired) electrons. The van der Waals surface area contributed by atoms with Crippen molar-refractivity contribution >= 4 is 40.8 Å². The summed E-state index contributed by atoms with van der Waals surface area (Å²) in [6.07, 6.45) is 5.56. The molecule has 1 amide bonds. The van der Waals surface area contributed by atoms with Crippen molar-refractivity contribution in [3.05, 3.63) is 86.2 Å². The first-order valence-electron chi connectivity index (χ1n) is 14.7.